The summed E-state index contributed by atoms with van der Waals surface area (Å²) >= 11 is 0. The number of amides is 3. The molecule has 0 radical (unpaired) electrons. The second-order valence-electron chi connectivity index (χ2n) is 5.41. The van der Waals surface area contributed by atoms with E-state index in [1.54, 1.807) is 4.90 Å². The molecule has 0 aromatic rings. The summed E-state index contributed by atoms with van der Waals surface area (Å²) in [5, 5.41) is 9.21. The van der Waals surface area contributed by atoms with Crippen LogP contribution in [0.15, 0.2) is 11.8 Å². The molecule has 2 fully saturated rings. The van der Waals surface area contributed by atoms with Gasteiger partial charge in [0.2, 0.25) is 11.8 Å². The monoisotopic (exact) mass is 278 g/mol. The maximum absolute atomic E-state index is 12.0. The van der Waals surface area contributed by atoms with Crippen molar-refractivity contribution in [3.63, 3.8) is 0 Å². The molecule has 2 heterocycles. The van der Waals surface area contributed by atoms with Crippen molar-refractivity contribution in [1.29, 1.82) is 5.41 Å². The minimum absolute atomic E-state index is 0.0356. The number of piperidine rings is 2. The van der Waals surface area contributed by atoms with Crippen LogP contribution in [0, 0.1) is 10.8 Å². The van der Waals surface area contributed by atoms with Gasteiger partial charge in [0, 0.05) is 32.1 Å². The number of likely N-dealkylation sites (tertiary alicyclic amines) is 1. The minimum atomic E-state index is -0.309. The lowest BCUT2D eigenvalue weighted by Gasteiger charge is -2.42. The first kappa shape index (κ1) is 14.2. The third kappa shape index (κ3) is 2.87. The van der Waals surface area contributed by atoms with Gasteiger partial charge in [0.1, 0.15) is 0 Å². The van der Waals surface area contributed by atoms with Crippen LogP contribution >= 0.6 is 0 Å². The Balaban J connectivity index is 2.00. The molecular formula is C13H18N4O3. The second kappa shape index (κ2) is 5.44. The Labute approximate surface area is 116 Å². The molecule has 108 valence electrons. The summed E-state index contributed by atoms with van der Waals surface area (Å²) in [5.41, 5.74) is 5.30. The van der Waals surface area contributed by atoms with Crippen LogP contribution in [-0.2, 0) is 14.4 Å². The molecule has 4 N–H and O–H groups in total. The first-order valence-corrected chi connectivity index (χ1v) is 6.54. The van der Waals surface area contributed by atoms with E-state index < -0.39 is 0 Å². The van der Waals surface area contributed by atoms with Crippen LogP contribution in [0.2, 0.25) is 0 Å². The van der Waals surface area contributed by atoms with Gasteiger partial charge in [-0.05, 0) is 24.3 Å². The molecule has 0 bridgehead atoms. The lowest BCUT2D eigenvalue weighted by molar-refractivity contribution is -0.140. The highest BCUT2D eigenvalue weighted by Gasteiger charge is 2.42. The van der Waals surface area contributed by atoms with Crippen molar-refractivity contribution in [3.8, 4) is 0 Å². The van der Waals surface area contributed by atoms with Crippen LogP contribution in [0.1, 0.15) is 25.7 Å². The van der Waals surface area contributed by atoms with Crippen LogP contribution in [0.3, 0.4) is 0 Å². The summed E-state index contributed by atoms with van der Waals surface area (Å²) in [5.74, 6) is -0.761. The number of allylic oxidation sites excluding steroid dienone is 1. The average molecular weight is 278 g/mol. The molecule has 20 heavy (non-hydrogen) atoms. The minimum Gasteiger partial charge on any atom is -0.394 e. The van der Waals surface area contributed by atoms with Crippen molar-refractivity contribution in [1.82, 2.24) is 10.2 Å². The van der Waals surface area contributed by atoms with E-state index in [2.05, 4.69) is 5.32 Å². The zero-order chi connectivity index (χ0) is 14.8. The predicted octanol–water partition coefficient (Wildman–Crippen LogP) is -0.476. The maximum Gasteiger partial charge on any atom is 0.269 e. The first-order chi connectivity index (χ1) is 9.46. The lowest BCUT2D eigenvalue weighted by atomic mass is 9.71. The molecule has 0 aromatic carbocycles. The Morgan fingerprint density at radius 1 is 1.25 bits per heavy atom. The van der Waals surface area contributed by atoms with Gasteiger partial charge in [0.05, 0.1) is 5.70 Å². The molecule has 0 aliphatic carbocycles. The van der Waals surface area contributed by atoms with E-state index in [1.165, 1.54) is 6.08 Å². The molecule has 3 amide bonds. The molecule has 2 saturated heterocycles. The largest absolute Gasteiger partial charge is 0.394 e. The van der Waals surface area contributed by atoms with Crippen LogP contribution in [0.4, 0.5) is 0 Å². The summed E-state index contributed by atoms with van der Waals surface area (Å²) in [6.45, 7) is 0.956. The summed E-state index contributed by atoms with van der Waals surface area (Å²) in [7, 11) is 0. The highest BCUT2D eigenvalue weighted by Crippen LogP contribution is 2.40. The maximum atomic E-state index is 12.0. The highest BCUT2D eigenvalue weighted by atomic mass is 16.2. The number of nitrogens with zero attached hydrogens (tertiary/aromatic N) is 1. The Bertz CT molecular complexity index is 472. The molecule has 7 nitrogen and oxygen atoms in total. The van der Waals surface area contributed by atoms with Gasteiger partial charge in [-0.25, -0.2) is 0 Å². The lowest BCUT2D eigenvalue weighted by Crippen LogP contribution is -2.51. The van der Waals surface area contributed by atoms with Crippen molar-refractivity contribution in [2.45, 2.75) is 25.7 Å². The molecule has 7 heteroatoms. The normalized spacial score (nSPS) is 22.6. The standard InChI is InChI=1S/C13H18N4O3/c14-4-1-9(15)12(20)17-5-2-13(3-6-17)7-10(18)16-11(19)8-13/h1,4,14H,2-3,5-8,15H2,(H,16,18,19)/b9-1-,14-4?. The SMILES string of the molecule is N=C/C=C(\N)C(=O)N1CCC2(CC1)CC(=O)NC(=O)C2. The van der Waals surface area contributed by atoms with E-state index in [0.717, 1.165) is 6.21 Å². The summed E-state index contributed by atoms with van der Waals surface area (Å²) in [6.07, 6.45) is 4.15. The molecule has 2 aliphatic rings. The van der Waals surface area contributed by atoms with E-state index in [1.807, 2.05) is 0 Å². The van der Waals surface area contributed by atoms with Crippen molar-refractivity contribution in [2.24, 2.45) is 11.1 Å². The molecule has 0 atom stereocenters. The average Bonchev–Trinajstić information content (AvgIpc) is 2.37. The topological polar surface area (TPSA) is 116 Å². The number of carbonyl (C=O) groups is 3. The summed E-state index contributed by atoms with van der Waals surface area (Å²) < 4.78 is 0. The number of imide groups is 1. The van der Waals surface area contributed by atoms with Crippen LogP contribution in [0.25, 0.3) is 0 Å². The number of hydrogen-bond donors (Lipinski definition) is 3. The van der Waals surface area contributed by atoms with Gasteiger partial charge in [0.25, 0.3) is 5.91 Å². The highest BCUT2D eigenvalue weighted by molar-refractivity contribution is 5.98. The number of rotatable bonds is 2. The Morgan fingerprint density at radius 3 is 2.30 bits per heavy atom. The number of hydrogen-bond acceptors (Lipinski definition) is 5. The smallest absolute Gasteiger partial charge is 0.269 e. The van der Waals surface area contributed by atoms with Gasteiger partial charge >= 0.3 is 0 Å². The molecule has 1 spiro atoms. The Hall–Kier alpha value is -2.18. The Kier molecular flexibility index (Phi) is 3.87. The van der Waals surface area contributed by atoms with Crippen LogP contribution in [-0.4, -0.2) is 41.9 Å². The van der Waals surface area contributed by atoms with Gasteiger partial charge in [0.15, 0.2) is 0 Å². The third-order valence-electron chi connectivity index (χ3n) is 3.97. The van der Waals surface area contributed by atoms with E-state index in [9.17, 15) is 14.4 Å². The van der Waals surface area contributed by atoms with Gasteiger partial charge < -0.3 is 16.0 Å². The van der Waals surface area contributed by atoms with E-state index in [-0.39, 0.29) is 28.8 Å². The predicted molar refractivity (Wildman–Crippen MR) is 71.7 cm³/mol. The van der Waals surface area contributed by atoms with Gasteiger partial charge in [-0.1, -0.05) is 0 Å². The van der Waals surface area contributed by atoms with Crippen molar-refractivity contribution >= 4 is 23.9 Å². The zero-order valence-corrected chi connectivity index (χ0v) is 11.1. The fourth-order valence-electron chi connectivity index (χ4n) is 2.87. The van der Waals surface area contributed by atoms with Gasteiger partial charge in [-0.15, -0.1) is 0 Å². The number of nitrogens with one attached hydrogen (secondary N) is 2. The molecule has 2 rings (SSSR count). The second-order valence-corrected chi connectivity index (χ2v) is 5.41. The van der Waals surface area contributed by atoms with Gasteiger partial charge in [-0.2, -0.15) is 0 Å². The Morgan fingerprint density at radius 2 is 1.80 bits per heavy atom. The first-order valence-electron chi connectivity index (χ1n) is 6.54. The van der Waals surface area contributed by atoms with Crippen molar-refractivity contribution in [3.05, 3.63) is 11.8 Å². The van der Waals surface area contributed by atoms with E-state index >= 15 is 0 Å². The fraction of sp³-hybridized carbons (Fsp3) is 0.538. The third-order valence-corrected chi connectivity index (χ3v) is 3.97. The quantitative estimate of drug-likeness (QED) is 0.359. The number of nitrogens with two attached hydrogens (primary N) is 1. The molecule has 0 saturated carbocycles. The van der Waals surface area contributed by atoms with E-state index in [4.69, 9.17) is 11.1 Å². The summed E-state index contributed by atoms with van der Waals surface area (Å²) in [4.78, 5) is 36.6. The fourth-order valence-corrected chi connectivity index (χ4v) is 2.87. The number of carbonyl (C=O) groups excluding carboxylic acids is 3. The molecule has 2 aliphatic heterocycles. The van der Waals surface area contributed by atoms with Crippen molar-refractivity contribution < 1.29 is 14.4 Å². The molecule has 0 unspecified atom stereocenters. The van der Waals surface area contributed by atoms with Crippen molar-refractivity contribution in [2.75, 3.05) is 13.1 Å². The van der Waals surface area contributed by atoms with Crippen LogP contribution in [0.5, 0.6) is 0 Å². The van der Waals surface area contributed by atoms with Crippen LogP contribution < -0.4 is 11.1 Å². The summed E-state index contributed by atoms with van der Waals surface area (Å²) in [6, 6.07) is 0. The van der Waals surface area contributed by atoms with E-state index in [0.29, 0.717) is 38.8 Å². The van der Waals surface area contributed by atoms with Gasteiger partial charge in [-0.3, -0.25) is 19.7 Å². The zero-order valence-electron chi connectivity index (χ0n) is 11.1. The molecular weight excluding hydrogens is 260 g/mol. The molecule has 0 aromatic heterocycles.